The van der Waals surface area contributed by atoms with Gasteiger partial charge in [0.25, 0.3) is 0 Å². The van der Waals surface area contributed by atoms with Crippen LogP contribution >= 0.6 is 11.3 Å². The maximum absolute atomic E-state index is 12.6. The van der Waals surface area contributed by atoms with Crippen LogP contribution in [0.25, 0.3) is 0 Å². The molecule has 1 N–H and O–H groups in total. The van der Waals surface area contributed by atoms with E-state index in [0.29, 0.717) is 6.54 Å². The number of hydrogen-bond donors (Lipinski definition) is 1. The van der Waals surface area contributed by atoms with Gasteiger partial charge >= 0.3 is 0 Å². The molecule has 3 unspecified atom stereocenters. The van der Waals surface area contributed by atoms with E-state index in [2.05, 4.69) is 16.8 Å². The summed E-state index contributed by atoms with van der Waals surface area (Å²) < 4.78 is 5.31. The Morgan fingerprint density at radius 1 is 1.63 bits per heavy atom. The summed E-state index contributed by atoms with van der Waals surface area (Å²) in [6, 6.07) is 2.07. The van der Waals surface area contributed by atoms with Crippen molar-refractivity contribution in [3.05, 3.63) is 22.4 Å². The molecule has 5 heteroatoms. The molecule has 1 aliphatic rings. The zero-order valence-electron chi connectivity index (χ0n) is 12.0. The maximum atomic E-state index is 12.6. The SMILES string of the molecule is CCC1(C)NC(c2ccsc2)N(CC(C)OC)C1=O. The minimum atomic E-state index is -0.472. The first kappa shape index (κ1) is 14.5. The van der Waals surface area contributed by atoms with Gasteiger partial charge in [0.2, 0.25) is 5.91 Å². The molecule has 4 nitrogen and oxygen atoms in total. The van der Waals surface area contributed by atoms with Crippen molar-refractivity contribution in [1.29, 1.82) is 0 Å². The lowest BCUT2D eigenvalue weighted by molar-refractivity contribution is -0.134. The molecular formula is C14H22N2O2S. The Morgan fingerprint density at radius 2 is 2.37 bits per heavy atom. The van der Waals surface area contributed by atoms with E-state index in [4.69, 9.17) is 4.74 Å². The molecular weight excluding hydrogens is 260 g/mol. The number of methoxy groups -OCH3 is 1. The van der Waals surface area contributed by atoms with Crippen LogP contribution in [0.15, 0.2) is 16.8 Å². The van der Waals surface area contributed by atoms with E-state index in [-0.39, 0.29) is 18.2 Å². The fourth-order valence-electron chi connectivity index (χ4n) is 2.36. The van der Waals surface area contributed by atoms with Crippen molar-refractivity contribution >= 4 is 17.2 Å². The van der Waals surface area contributed by atoms with Crippen LogP contribution in [0.4, 0.5) is 0 Å². The predicted molar refractivity (Wildman–Crippen MR) is 77.1 cm³/mol. The Labute approximate surface area is 118 Å². The van der Waals surface area contributed by atoms with Gasteiger partial charge in [-0.05, 0) is 42.7 Å². The van der Waals surface area contributed by atoms with E-state index < -0.39 is 5.54 Å². The molecule has 0 aliphatic carbocycles. The van der Waals surface area contributed by atoms with Crippen LogP contribution in [0.3, 0.4) is 0 Å². The molecule has 0 radical (unpaired) electrons. The third-order valence-electron chi connectivity index (χ3n) is 3.92. The lowest BCUT2D eigenvalue weighted by Gasteiger charge is -2.26. The first-order valence-corrected chi connectivity index (χ1v) is 7.59. The third-order valence-corrected chi connectivity index (χ3v) is 4.62. The largest absolute Gasteiger partial charge is 0.380 e. The highest BCUT2D eigenvalue weighted by molar-refractivity contribution is 7.07. The molecule has 0 bridgehead atoms. The summed E-state index contributed by atoms with van der Waals surface area (Å²) in [5, 5.41) is 7.61. The van der Waals surface area contributed by atoms with Gasteiger partial charge < -0.3 is 9.64 Å². The molecule has 106 valence electrons. The molecule has 1 aromatic rings. The van der Waals surface area contributed by atoms with Gasteiger partial charge in [0.1, 0.15) is 6.17 Å². The number of nitrogens with zero attached hydrogens (tertiary/aromatic N) is 1. The molecule has 3 atom stereocenters. The summed E-state index contributed by atoms with van der Waals surface area (Å²) in [5.74, 6) is 0.162. The van der Waals surface area contributed by atoms with Gasteiger partial charge in [0, 0.05) is 13.7 Å². The van der Waals surface area contributed by atoms with Crippen LogP contribution in [0, 0.1) is 0 Å². The minimum Gasteiger partial charge on any atom is -0.380 e. The molecule has 0 aromatic carbocycles. The summed E-state index contributed by atoms with van der Waals surface area (Å²) in [7, 11) is 1.68. The van der Waals surface area contributed by atoms with Crippen LogP contribution in [-0.2, 0) is 9.53 Å². The third kappa shape index (κ3) is 2.68. The number of ether oxygens (including phenoxy) is 1. The Balaban J connectivity index is 2.26. The van der Waals surface area contributed by atoms with Crippen LogP contribution in [0.1, 0.15) is 38.9 Å². The van der Waals surface area contributed by atoms with Crippen LogP contribution in [0.5, 0.6) is 0 Å². The molecule has 2 heterocycles. The fourth-order valence-corrected chi connectivity index (χ4v) is 3.04. The highest BCUT2D eigenvalue weighted by Crippen LogP contribution is 2.33. The number of rotatable bonds is 5. The summed E-state index contributed by atoms with van der Waals surface area (Å²) in [4.78, 5) is 14.5. The normalized spacial score (nSPS) is 28.9. The molecule has 1 aromatic heterocycles. The second-order valence-electron chi connectivity index (χ2n) is 5.29. The quantitative estimate of drug-likeness (QED) is 0.901. The van der Waals surface area contributed by atoms with E-state index in [9.17, 15) is 4.79 Å². The molecule has 1 aliphatic heterocycles. The Kier molecular flexibility index (Phi) is 4.28. The van der Waals surface area contributed by atoms with Gasteiger partial charge in [0.15, 0.2) is 0 Å². The lowest BCUT2D eigenvalue weighted by Crippen LogP contribution is -2.43. The highest BCUT2D eigenvalue weighted by atomic mass is 32.1. The Bertz CT molecular complexity index is 435. The zero-order valence-corrected chi connectivity index (χ0v) is 12.8. The van der Waals surface area contributed by atoms with Crippen molar-refractivity contribution in [1.82, 2.24) is 10.2 Å². The predicted octanol–water partition coefficient (Wildman–Crippen LogP) is 2.38. The van der Waals surface area contributed by atoms with Crippen molar-refractivity contribution < 1.29 is 9.53 Å². The fraction of sp³-hybridized carbons (Fsp3) is 0.643. The first-order valence-electron chi connectivity index (χ1n) is 6.65. The second kappa shape index (κ2) is 5.61. The molecule has 0 spiro atoms. The van der Waals surface area contributed by atoms with E-state index in [1.54, 1.807) is 18.4 Å². The zero-order chi connectivity index (χ0) is 14.0. The summed E-state index contributed by atoms with van der Waals surface area (Å²) in [5.41, 5.74) is 0.680. The maximum Gasteiger partial charge on any atom is 0.244 e. The summed E-state index contributed by atoms with van der Waals surface area (Å²) >= 11 is 1.65. The molecule has 1 fully saturated rings. The topological polar surface area (TPSA) is 41.6 Å². The first-order chi connectivity index (χ1) is 9.01. The van der Waals surface area contributed by atoms with Gasteiger partial charge in [-0.2, -0.15) is 11.3 Å². The van der Waals surface area contributed by atoms with Gasteiger partial charge in [-0.25, -0.2) is 0 Å². The molecule has 19 heavy (non-hydrogen) atoms. The number of nitrogens with one attached hydrogen (secondary N) is 1. The van der Waals surface area contributed by atoms with E-state index in [0.717, 1.165) is 12.0 Å². The van der Waals surface area contributed by atoms with E-state index >= 15 is 0 Å². The summed E-state index contributed by atoms with van der Waals surface area (Å²) in [6.45, 7) is 6.61. The van der Waals surface area contributed by atoms with Crippen molar-refractivity contribution in [2.24, 2.45) is 0 Å². The van der Waals surface area contributed by atoms with Crippen molar-refractivity contribution in [2.75, 3.05) is 13.7 Å². The number of thiophene rings is 1. The standard InChI is InChI=1S/C14H22N2O2S/c1-5-14(3)13(17)16(8-10(2)18-4)12(15-14)11-6-7-19-9-11/h6-7,9-10,12,15H,5,8H2,1-4H3. The number of carbonyl (C=O) groups excluding carboxylic acids is 1. The number of hydrogen-bond acceptors (Lipinski definition) is 4. The second-order valence-corrected chi connectivity index (χ2v) is 6.07. The highest BCUT2D eigenvalue weighted by Gasteiger charge is 2.47. The van der Waals surface area contributed by atoms with Crippen molar-refractivity contribution in [2.45, 2.75) is 45.0 Å². The average Bonchev–Trinajstić information content (AvgIpc) is 3.01. The molecule has 0 saturated carbocycles. The number of amides is 1. The monoisotopic (exact) mass is 282 g/mol. The van der Waals surface area contributed by atoms with E-state index in [1.165, 1.54) is 0 Å². The van der Waals surface area contributed by atoms with Gasteiger partial charge in [0.05, 0.1) is 11.6 Å². The smallest absolute Gasteiger partial charge is 0.244 e. The molecule has 1 amide bonds. The van der Waals surface area contributed by atoms with Crippen LogP contribution < -0.4 is 5.32 Å². The van der Waals surface area contributed by atoms with Gasteiger partial charge in [-0.15, -0.1) is 0 Å². The lowest BCUT2D eigenvalue weighted by atomic mass is 9.99. The van der Waals surface area contributed by atoms with Crippen LogP contribution in [0.2, 0.25) is 0 Å². The Morgan fingerprint density at radius 3 is 2.89 bits per heavy atom. The van der Waals surface area contributed by atoms with Crippen molar-refractivity contribution in [3.8, 4) is 0 Å². The number of carbonyl (C=O) groups is 1. The summed E-state index contributed by atoms with van der Waals surface area (Å²) in [6.07, 6.45) is 0.775. The average molecular weight is 282 g/mol. The molecule has 1 saturated heterocycles. The van der Waals surface area contributed by atoms with Crippen molar-refractivity contribution in [3.63, 3.8) is 0 Å². The van der Waals surface area contributed by atoms with Gasteiger partial charge in [-0.3, -0.25) is 10.1 Å². The van der Waals surface area contributed by atoms with E-state index in [1.807, 2.05) is 31.1 Å². The minimum absolute atomic E-state index is 0.0334. The Hall–Kier alpha value is -0.910. The van der Waals surface area contributed by atoms with Gasteiger partial charge in [-0.1, -0.05) is 6.92 Å². The molecule has 2 rings (SSSR count). The van der Waals surface area contributed by atoms with Crippen LogP contribution in [-0.4, -0.2) is 36.1 Å².